The van der Waals surface area contributed by atoms with Crippen LogP contribution in [0.15, 0.2) is 48.5 Å². The van der Waals surface area contributed by atoms with Crippen LogP contribution < -0.4 is 0 Å². The Kier molecular flexibility index (Phi) is 7.83. The lowest BCUT2D eigenvalue weighted by molar-refractivity contribution is -0.138. The minimum atomic E-state index is -0.973. The Morgan fingerprint density at radius 1 is 1.11 bits per heavy atom. The van der Waals surface area contributed by atoms with Crippen LogP contribution in [0.3, 0.4) is 0 Å². The monoisotopic (exact) mass is 517 g/mol. The number of halogens is 1. The van der Waals surface area contributed by atoms with Crippen LogP contribution in [0, 0.1) is 18.8 Å². The van der Waals surface area contributed by atoms with Gasteiger partial charge in [-0.15, -0.1) is 0 Å². The number of benzene rings is 3. The lowest BCUT2D eigenvalue weighted by Gasteiger charge is -2.32. The van der Waals surface area contributed by atoms with Crippen LogP contribution in [0.2, 0.25) is 5.02 Å². The summed E-state index contributed by atoms with van der Waals surface area (Å²) in [5.41, 5.74) is 3.08. The number of carbonyl (C=O) groups is 1. The number of hydrogen-bond donors (Lipinski definition) is 1. The summed E-state index contributed by atoms with van der Waals surface area (Å²) in [5, 5.41) is 13.7. The molecule has 0 saturated carbocycles. The third-order valence-electron chi connectivity index (χ3n) is 6.88. The van der Waals surface area contributed by atoms with Crippen LogP contribution in [0.1, 0.15) is 63.3 Å². The zero-order valence-corrected chi connectivity index (χ0v) is 23.4. The first-order chi connectivity index (χ1) is 17.3. The van der Waals surface area contributed by atoms with Gasteiger partial charge in [-0.2, -0.15) is 0 Å². The molecule has 1 aliphatic heterocycles. The van der Waals surface area contributed by atoms with E-state index in [1.54, 1.807) is 6.92 Å². The summed E-state index contributed by atoms with van der Waals surface area (Å²) in [6.07, 6.45) is 0.548. The Morgan fingerprint density at radius 3 is 2.35 bits per heavy atom. The molecule has 1 N–H and O–H groups in total. The van der Waals surface area contributed by atoms with Gasteiger partial charge in [0.25, 0.3) is 0 Å². The second-order valence-corrected chi connectivity index (χ2v) is 11.7. The number of ketones is 1. The quantitative estimate of drug-likeness (QED) is 0.390. The Morgan fingerprint density at radius 2 is 1.76 bits per heavy atom. The first-order valence-corrected chi connectivity index (χ1v) is 13.2. The average Bonchev–Trinajstić information content (AvgIpc) is 2.83. The summed E-state index contributed by atoms with van der Waals surface area (Å²) in [6.45, 7) is 11.1. The molecule has 1 saturated heterocycles. The number of hydrogen-bond acceptors (Lipinski definition) is 4. The van der Waals surface area contributed by atoms with Gasteiger partial charge in [0, 0.05) is 36.5 Å². The van der Waals surface area contributed by atoms with Gasteiger partial charge in [-0.1, -0.05) is 47.7 Å². The molecular formula is C32H36ClNO3. The standard InChI is InChI=1S/C32H36ClNO3/c1-21-19-25-8-7-23(13-14-32(36)15-17-34(6)18-16-32)20-27(25)29(24-9-11-26(33)12-10-24)28(21)30(22(2)35)37-31(3,4)5/h7-12,19-20,30,36H,15-18H2,1-6H3. The van der Waals surface area contributed by atoms with Crippen molar-refractivity contribution < 1.29 is 14.6 Å². The normalized spacial score (nSPS) is 16.8. The zero-order valence-electron chi connectivity index (χ0n) is 22.6. The van der Waals surface area contributed by atoms with E-state index in [0.717, 1.165) is 51.7 Å². The Bertz CT molecular complexity index is 1370. The summed E-state index contributed by atoms with van der Waals surface area (Å²) >= 11 is 6.23. The molecule has 1 unspecified atom stereocenters. The maximum absolute atomic E-state index is 13.0. The molecule has 37 heavy (non-hydrogen) atoms. The van der Waals surface area contributed by atoms with Crippen LogP contribution in [-0.4, -0.2) is 47.1 Å². The molecule has 0 aromatic heterocycles. The minimum absolute atomic E-state index is 0.0481. The number of carbonyl (C=O) groups excluding carboxylic acids is 1. The van der Waals surface area contributed by atoms with Gasteiger partial charge in [-0.3, -0.25) is 4.79 Å². The molecule has 0 aliphatic carbocycles. The van der Waals surface area contributed by atoms with Gasteiger partial charge in [0.05, 0.1) is 5.60 Å². The largest absolute Gasteiger partial charge is 0.377 e. The number of rotatable bonds is 4. The van der Waals surface area contributed by atoms with Crippen LogP contribution in [0.4, 0.5) is 0 Å². The Balaban J connectivity index is 1.93. The van der Waals surface area contributed by atoms with Crippen LogP contribution >= 0.6 is 11.6 Å². The van der Waals surface area contributed by atoms with Crippen LogP contribution in [-0.2, 0) is 9.53 Å². The predicted octanol–water partition coefficient (Wildman–Crippen LogP) is 6.72. The molecule has 1 fully saturated rings. The van der Waals surface area contributed by atoms with Gasteiger partial charge in [-0.05, 0) is 99.0 Å². The van der Waals surface area contributed by atoms with E-state index in [0.29, 0.717) is 17.9 Å². The molecule has 0 bridgehead atoms. The third kappa shape index (κ3) is 6.43. The highest BCUT2D eigenvalue weighted by molar-refractivity contribution is 6.30. The average molecular weight is 518 g/mol. The molecule has 5 heteroatoms. The van der Waals surface area contributed by atoms with Crippen molar-refractivity contribution in [2.45, 2.75) is 64.8 Å². The van der Waals surface area contributed by atoms with E-state index in [1.165, 1.54) is 0 Å². The number of fused-ring (bicyclic) bond motifs is 1. The van der Waals surface area contributed by atoms with E-state index < -0.39 is 17.3 Å². The molecule has 3 aromatic rings. The number of aliphatic hydroxyl groups is 1. The molecule has 1 atom stereocenters. The fraction of sp³-hybridized carbons (Fsp3) is 0.406. The SMILES string of the molecule is CC(=O)C(OC(C)(C)C)c1c(C)cc2ccc(C#CC3(O)CCN(C)CC3)cc2c1-c1ccc(Cl)cc1. The fourth-order valence-electron chi connectivity index (χ4n) is 4.90. The first-order valence-electron chi connectivity index (χ1n) is 12.8. The Labute approximate surface area is 225 Å². The number of nitrogens with zero attached hydrogens (tertiary/aromatic N) is 1. The highest BCUT2D eigenvalue weighted by atomic mass is 35.5. The Hall–Kier alpha value is -2.68. The molecule has 4 rings (SSSR count). The molecule has 3 aromatic carbocycles. The number of ether oxygens (including phenoxy) is 1. The van der Waals surface area contributed by atoms with Crippen molar-refractivity contribution in [2.75, 3.05) is 20.1 Å². The van der Waals surface area contributed by atoms with Gasteiger partial charge in [0.15, 0.2) is 5.78 Å². The van der Waals surface area contributed by atoms with Crippen molar-refractivity contribution in [3.05, 3.63) is 70.2 Å². The molecule has 194 valence electrons. The summed E-state index contributed by atoms with van der Waals surface area (Å²) < 4.78 is 6.34. The second-order valence-electron chi connectivity index (χ2n) is 11.2. The van der Waals surface area contributed by atoms with E-state index in [-0.39, 0.29) is 5.78 Å². The topological polar surface area (TPSA) is 49.8 Å². The van der Waals surface area contributed by atoms with Crippen molar-refractivity contribution in [1.29, 1.82) is 0 Å². The maximum atomic E-state index is 13.0. The number of piperidine rings is 1. The van der Waals surface area contributed by atoms with Crippen molar-refractivity contribution in [2.24, 2.45) is 0 Å². The van der Waals surface area contributed by atoms with E-state index in [9.17, 15) is 9.90 Å². The summed E-state index contributed by atoms with van der Waals surface area (Å²) in [6, 6.07) is 15.9. The van der Waals surface area contributed by atoms with Gasteiger partial charge in [0.1, 0.15) is 11.7 Å². The van der Waals surface area contributed by atoms with Gasteiger partial charge >= 0.3 is 0 Å². The van der Waals surface area contributed by atoms with E-state index in [4.69, 9.17) is 16.3 Å². The maximum Gasteiger partial charge on any atom is 0.163 e. The highest BCUT2D eigenvalue weighted by Gasteiger charge is 2.30. The number of Topliss-reactive ketones (excluding diaryl/α,β-unsaturated/α-hetero) is 1. The second kappa shape index (κ2) is 10.6. The summed E-state index contributed by atoms with van der Waals surface area (Å²) in [4.78, 5) is 15.2. The zero-order chi connectivity index (χ0) is 27.0. The minimum Gasteiger partial charge on any atom is -0.377 e. The molecular weight excluding hydrogens is 482 g/mol. The molecule has 4 nitrogen and oxygen atoms in total. The van der Waals surface area contributed by atoms with Gasteiger partial charge < -0.3 is 14.7 Å². The molecule has 0 radical (unpaired) electrons. The van der Waals surface area contributed by atoms with Gasteiger partial charge in [-0.25, -0.2) is 0 Å². The fourth-order valence-corrected chi connectivity index (χ4v) is 5.02. The lowest BCUT2D eigenvalue weighted by atomic mass is 9.85. The number of likely N-dealkylation sites (tertiary alicyclic amines) is 1. The molecule has 1 aliphatic rings. The summed E-state index contributed by atoms with van der Waals surface area (Å²) in [7, 11) is 2.06. The van der Waals surface area contributed by atoms with Crippen molar-refractivity contribution in [3.63, 3.8) is 0 Å². The van der Waals surface area contributed by atoms with Crippen molar-refractivity contribution in [1.82, 2.24) is 4.90 Å². The molecule has 0 spiro atoms. The van der Waals surface area contributed by atoms with Crippen molar-refractivity contribution in [3.8, 4) is 23.0 Å². The summed E-state index contributed by atoms with van der Waals surface area (Å²) in [5.74, 6) is 6.33. The third-order valence-corrected chi connectivity index (χ3v) is 7.13. The number of aryl methyl sites for hydroxylation is 1. The lowest BCUT2D eigenvalue weighted by Crippen LogP contribution is -2.41. The van der Waals surface area contributed by atoms with E-state index in [1.807, 2.05) is 58.0 Å². The van der Waals surface area contributed by atoms with Crippen LogP contribution in [0.5, 0.6) is 0 Å². The molecule has 1 heterocycles. The predicted molar refractivity (Wildman–Crippen MR) is 152 cm³/mol. The van der Waals surface area contributed by atoms with E-state index in [2.05, 4.69) is 42.0 Å². The highest BCUT2D eigenvalue weighted by Crippen LogP contribution is 2.41. The van der Waals surface area contributed by atoms with E-state index >= 15 is 0 Å². The van der Waals surface area contributed by atoms with Crippen LogP contribution in [0.25, 0.3) is 21.9 Å². The van der Waals surface area contributed by atoms with Crippen molar-refractivity contribution >= 4 is 28.2 Å². The van der Waals surface area contributed by atoms with Gasteiger partial charge in [0.2, 0.25) is 0 Å². The molecule has 0 amide bonds. The first kappa shape index (κ1) is 27.4. The smallest absolute Gasteiger partial charge is 0.163 e.